The van der Waals surface area contributed by atoms with Crippen LogP contribution in [0.15, 0.2) is 65.8 Å². The fraction of sp³-hybridized carbons (Fsp3) is 0.360. The van der Waals surface area contributed by atoms with Crippen LogP contribution >= 0.6 is 0 Å². The van der Waals surface area contributed by atoms with Crippen molar-refractivity contribution in [2.75, 3.05) is 32.8 Å². The molecule has 2 aromatic carbocycles. The highest BCUT2D eigenvalue weighted by Crippen LogP contribution is 2.37. The van der Waals surface area contributed by atoms with E-state index >= 15 is 0 Å². The van der Waals surface area contributed by atoms with Gasteiger partial charge < -0.3 is 14.3 Å². The Morgan fingerprint density at radius 3 is 2.73 bits per heavy atom. The fourth-order valence-corrected chi connectivity index (χ4v) is 6.58. The molecule has 6 rings (SSSR count). The number of rotatable bonds is 6. The van der Waals surface area contributed by atoms with E-state index in [2.05, 4.69) is 37.5 Å². The van der Waals surface area contributed by atoms with Gasteiger partial charge in [0.2, 0.25) is 10.0 Å². The van der Waals surface area contributed by atoms with Crippen LogP contribution in [0.5, 0.6) is 0 Å². The standard InChI is InChI=1S/C25H28N4O3S/c1-28-14-22(21-4-2-3-5-24(21)28)25(29-12-18-15-32-16-19(18)13-29)11-27-33(30,31)20-7-6-17-8-9-26-23(17)10-20/h2-10,14,18-19,25-27H,11-13,15-16H2,1H3/t18-,19?,25?/m0/s1. The van der Waals surface area contributed by atoms with Crippen LogP contribution in [0.2, 0.25) is 0 Å². The summed E-state index contributed by atoms with van der Waals surface area (Å²) in [6.07, 6.45) is 3.97. The SMILES string of the molecule is Cn1cc(C(CNS(=O)(=O)c2ccc3cc[nH]c3c2)N2CC3COC[C@@H]3C2)c2ccccc21. The normalized spacial score (nSPS) is 22.3. The first-order valence-electron chi connectivity index (χ1n) is 11.4. The molecule has 8 heteroatoms. The van der Waals surface area contributed by atoms with Gasteiger partial charge in [-0.15, -0.1) is 0 Å². The molecule has 0 spiro atoms. The zero-order valence-electron chi connectivity index (χ0n) is 18.6. The van der Waals surface area contributed by atoms with Crippen molar-refractivity contribution in [3.63, 3.8) is 0 Å². The Morgan fingerprint density at radius 1 is 1.12 bits per heavy atom. The fourth-order valence-electron chi connectivity index (χ4n) is 5.52. The maximum Gasteiger partial charge on any atom is 0.240 e. The zero-order chi connectivity index (χ0) is 22.6. The Kier molecular flexibility index (Phi) is 5.06. The summed E-state index contributed by atoms with van der Waals surface area (Å²) in [5.74, 6) is 1.05. The Labute approximate surface area is 193 Å². The van der Waals surface area contributed by atoms with Gasteiger partial charge in [-0.2, -0.15) is 0 Å². The molecule has 2 aliphatic rings. The van der Waals surface area contributed by atoms with Crippen molar-refractivity contribution >= 4 is 31.8 Å². The number of benzene rings is 2. The number of ether oxygens (including phenoxy) is 1. The minimum atomic E-state index is -3.66. The summed E-state index contributed by atoms with van der Waals surface area (Å²) in [5, 5.41) is 2.17. The molecule has 0 amide bonds. The lowest BCUT2D eigenvalue weighted by atomic mass is 10.0. The van der Waals surface area contributed by atoms with E-state index in [-0.39, 0.29) is 10.9 Å². The molecule has 2 aromatic heterocycles. The molecular weight excluding hydrogens is 436 g/mol. The number of aromatic nitrogens is 2. The van der Waals surface area contributed by atoms with Crippen LogP contribution in [0.25, 0.3) is 21.8 Å². The number of sulfonamides is 1. The summed E-state index contributed by atoms with van der Waals surface area (Å²) in [6.45, 7) is 3.76. The molecule has 3 atom stereocenters. The van der Waals surface area contributed by atoms with Gasteiger partial charge in [0.15, 0.2) is 0 Å². The maximum atomic E-state index is 13.2. The van der Waals surface area contributed by atoms with Crippen LogP contribution in [-0.2, 0) is 21.8 Å². The van der Waals surface area contributed by atoms with Gasteiger partial charge in [-0.25, -0.2) is 13.1 Å². The molecule has 2 N–H and O–H groups in total. The highest BCUT2D eigenvalue weighted by Gasteiger charge is 2.40. The minimum absolute atomic E-state index is 0.0503. The van der Waals surface area contributed by atoms with E-state index in [9.17, 15) is 8.42 Å². The molecule has 33 heavy (non-hydrogen) atoms. The number of hydrogen-bond donors (Lipinski definition) is 2. The van der Waals surface area contributed by atoms with Crippen molar-refractivity contribution in [3.05, 3.63) is 66.5 Å². The number of nitrogens with zero attached hydrogens (tertiary/aromatic N) is 2. The quantitative estimate of drug-likeness (QED) is 0.459. The summed E-state index contributed by atoms with van der Waals surface area (Å²) in [4.78, 5) is 5.82. The van der Waals surface area contributed by atoms with Crippen molar-refractivity contribution < 1.29 is 13.2 Å². The second-order valence-electron chi connectivity index (χ2n) is 9.32. The second-order valence-corrected chi connectivity index (χ2v) is 11.1. The molecule has 0 saturated carbocycles. The van der Waals surface area contributed by atoms with Gasteiger partial charge in [0.05, 0.1) is 24.2 Å². The summed E-state index contributed by atoms with van der Waals surface area (Å²) in [6, 6.07) is 15.4. The van der Waals surface area contributed by atoms with E-state index in [1.54, 1.807) is 12.1 Å². The molecule has 2 saturated heterocycles. The summed E-state index contributed by atoms with van der Waals surface area (Å²) in [5.41, 5.74) is 3.13. The zero-order valence-corrected chi connectivity index (χ0v) is 19.4. The number of aromatic amines is 1. The first kappa shape index (κ1) is 20.9. The number of aryl methyl sites for hydroxylation is 1. The van der Waals surface area contributed by atoms with E-state index in [0.717, 1.165) is 48.3 Å². The summed E-state index contributed by atoms with van der Waals surface area (Å²) < 4.78 is 37.2. The number of hydrogen-bond acceptors (Lipinski definition) is 4. The highest BCUT2D eigenvalue weighted by molar-refractivity contribution is 7.89. The van der Waals surface area contributed by atoms with Gasteiger partial charge in [-0.3, -0.25) is 4.90 Å². The largest absolute Gasteiger partial charge is 0.381 e. The van der Waals surface area contributed by atoms with Crippen LogP contribution in [0, 0.1) is 11.8 Å². The van der Waals surface area contributed by atoms with E-state index in [1.165, 1.54) is 5.39 Å². The van der Waals surface area contributed by atoms with E-state index in [0.29, 0.717) is 18.4 Å². The number of fused-ring (bicyclic) bond motifs is 3. The molecule has 2 unspecified atom stereocenters. The Balaban J connectivity index is 1.33. The van der Waals surface area contributed by atoms with E-state index < -0.39 is 10.0 Å². The van der Waals surface area contributed by atoms with Gasteiger partial charge in [0.25, 0.3) is 0 Å². The first-order valence-corrected chi connectivity index (χ1v) is 12.9. The molecule has 4 heterocycles. The van der Waals surface area contributed by atoms with Crippen molar-refractivity contribution in [1.29, 1.82) is 0 Å². The van der Waals surface area contributed by atoms with Crippen molar-refractivity contribution in [3.8, 4) is 0 Å². The van der Waals surface area contributed by atoms with Gasteiger partial charge in [0, 0.05) is 67.3 Å². The highest BCUT2D eigenvalue weighted by atomic mass is 32.2. The van der Waals surface area contributed by atoms with Crippen LogP contribution < -0.4 is 4.72 Å². The number of likely N-dealkylation sites (tertiary alicyclic amines) is 1. The van der Waals surface area contributed by atoms with Crippen LogP contribution in [0.3, 0.4) is 0 Å². The average Bonchev–Trinajstić information content (AvgIpc) is 3.58. The molecule has 0 bridgehead atoms. The van der Waals surface area contributed by atoms with Crippen molar-refractivity contribution in [1.82, 2.24) is 19.2 Å². The van der Waals surface area contributed by atoms with Crippen molar-refractivity contribution in [2.45, 2.75) is 10.9 Å². The van der Waals surface area contributed by atoms with Gasteiger partial charge in [-0.05, 0) is 35.2 Å². The molecule has 0 radical (unpaired) electrons. The topological polar surface area (TPSA) is 79.4 Å². The summed E-state index contributed by atoms with van der Waals surface area (Å²) in [7, 11) is -1.61. The van der Waals surface area contributed by atoms with Crippen LogP contribution in [0.1, 0.15) is 11.6 Å². The first-order chi connectivity index (χ1) is 16.0. The van der Waals surface area contributed by atoms with Gasteiger partial charge in [-0.1, -0.05) is 24.3 Å². The van der Waals surface area contributed by atoms with E-state index in [1.807, 2.05) is 37.5 Å². The monoisotopic (exact) mass is 464 g/mol. The third kappa shape index (κ3) is 3.67. The number of nitrogens with one attached hydrogen (secondary N) is 2. The lowest BCUT2D eigenvalue weighted by Gasteiger charge is -2.29. The number of para-hydroxylation sites is 1. The van der Waals surface area contributed by atoms with Gasteiger partial charge >= 0.3 is 0 Å². The molecule has 7 nitrogen and oxygen atoms in total. The molecular formula is C25H28N4O3S. The molecule has 172 valence electrons. The lowest BCUT2D eigenvalue weighted by molar-refractivity contribution is 0.139. The van der Waals surface area contributed by atoms with Crippen molar-refractivity contribution in [2.24, 2.45) is 18.9 Å². The smallest absolute Gasteiger partial charge is 0.240 e. The predicted molar refractivity (Wildman–Crippen MR) is 129 cm³/mol. The average molecular weight is 465 g/mol. The molecule has 2 fully saturated rings. The third-order valence-corrected chi connectivity index (χ3v) is 8.72. The Hall–Kier alpha value is -2.65. The lowest BCUT2D eigenvalue weighted by Crippen LogP contribution is -2.37. The third-order valence-electron chi connectivity index (χ3n) is 7.30. The minimum Gasteiger partial charge on any atom is -0.381 e. The molecule has 0 aliphatic carbocycles. The van der Waals surface area contributed by atoms with Gasteiger partial charge in [0.1, 0.15) is 0 Å². The predicted octanol–water partition coefficient (Wildman–Crippen LogP) is 3.26. The van der Waals surface area contributed by atoms with Crippen LogP contribution in [0.4, 0.5) is 0 Å². The number of H-pyrrole nitrogens is 1. The van der Waals surface area contributed by atoms with Crippen LogP contribution in [-0.4, -0.2) is 55.7 Å². The maximum absolute atomic E-state index is 13.2. The molecule has 4 aromatic rings. The Morgan fingerprint density at radius 2 is 1.91 bits per heavy atom. The Bertz CT molecular complexity index is 1410. The second kappa shape index (κ2) is 7.99. The molecule has 2 aliphatic heterocycles. The summed E-state index contributed by atoms with van der Waals surface area (Å²) >= 11 is 0. The van der Waals surface area contributed by atoms with E-state index in [4.69, 9.17) is 4.74 Å².